The number of nitrogens with one attached hydrogen (secondary N) is 1. The fraction of sp³-hybridized carbons (Fsp3) is 0.688. The first-order valence-electron chi connectivity index (χ1n) is 9.25. The van der Waals surface area contributed by atoms with Crippen LogP contribution in [0.2, 0.25) is 0 Å². The molecule has 0 amide bonds. The number of phosphoric acid groups is 1. The van der Waals surface area contributed by atoms with Crippen molar-refractivity contribution >= 4 is 24.9 Å². The van der Waals surface area contributed by atoms with Gasteiger partial charge in [0.1, 0.15) is 0 Å². The normalized spacial score (nSPS) is 29.3. The maximum atomic E-state index is 15.5. The second-order valence-corrected chi connectivity index (χ2v) is 8.65. The minimum atomic E-state index is -4.27. The minimum absolute atomic E-state index is 0.00450. The number of nitrogens with two attached hydrogens (primary N) is 1. The molecular weight excluding hydrogens is 408 g/mol. The lowest BCUT2D eigenvalue weighted by Crippen LogP contribution is -2.34. The molecule has 2 aromatic rings. The van der Waals surface area contributed by atoms with Gasteiger partial charge in [-0.15, -0.1) is 0 Å². The Morgan fingerprint density at radius 1 is 1.52 bits per heavy atom. The van der Waals surface area contributed by atoms with Gasteiger partial charge in [-0.2, -0.15) is 4.98 Å². The number of hydrogen-bond acceptors (Lipinski definition) is 8. The van der Waals surface area contributed by atoms with Crippen molar-refractivity contribution in [3.63, 3.8) is 0 Å². The number of halogens is 1. The molecule has 5 atom stereocenters. The Morgan fingerprint density at radius 3 is 2.93 bits per heavy atom. The quantitative estimate of drug-likeness (QED) is 0.418. The smallest absolute Gasteiger partial charge is 0.369 e. The van der Waals surface area contributed by atoms with Gasteiger partial charge in [-0.1, -0.05) is 20.3 Å². The number of imidazole rings is 1. The number of ether oxygens (including phenoxy) is 1. The number of aromatic amines is 1. The summed E-state index contributed by atoms with van der Waals surface area (Å²) in [4.78, 5) is 32.0. The number of anilines is 1. The van der Waals surface area contributed by atoms with Crippen molar-refractivity contribution in [3.8, 4) is 0 Å². The van der Waals surface area contributed by atoms with E-state index >= 15 is 4.39 Å². The number of nitrogens with zero attached hydrogens (tertiary/aromatic N) is 3. The number of unbranched alkanes of at least 4 members (excludes halogenated alkanes) is 1. The fourth-order valence-electron chi connectivity index (χ4n) is 3.17. The van der Waals surface area contributed by atoms with Crippen molar-refractivity contribution in [3.05, 3.63) is 16.7 Å². The molecule has 162 valence electrons. The number of rotatable bonds is 8. The molecule has 3 heterocycles. The number of nitrogen functional groups attached to an aromatic ring is 1. The molecule has 13 heteroatoms. The molecule has 4 N–H and O–H groups in total. The molecule has 1 aliphatic heterocycles. The molecule has 1 fully saturated rings. The van der Waals surface area contributed by atoms with Crippen molar-refractivity contribution in [2.45, 2.75) is 51.6 Å². The van der Waals surface area contributed by atoms with E-state index in [0.717, 1.165) is 6.42 Å². The van der Waals surface area contributed by atoms with Gasteiger partial charge in [0.2, 0.25) is 5.95 Å². The summed E-state index contributed by atoms with van der Waals surface area (Å²) in [5.41, 5.74) is 3.19. The van der Waals surface area contributed by atoms with Crippen molar-refractivity contribution in [1.29, 1.82) is 0 Å². The Kier molecular flexibility index (Phi) is 6.11. The monoisotopic (exact) mass is 433 g/mol. The summed E-state index contributed by atoms with van der Waals surface area (Å²) in [6.45, 7) is 4.58. The summed E-state index contributed by atoms with van der Waals surface area (Å²) < 4.78 is 44.4. The van der Waals surface area contributed by atoms with E-state index in [4.69, 9.17) is 19.5 Å². The van der Waals surface area contributed by atoms with Gasteiger partial charge in [0.05, 0.1) is 25.6 Å². The molecule has 0 bridgehead atoms. The zero-order valence-corrected chi connectivity index (χ0v) is 17.3. The molecule has 1 saturated heterocycles. The zero-order chi connectivity index (χ0) is 21.4. The minimum Gasteiger partial charge on any atom is -0.369 e. The van der Waals surface area contributed by atoms with Crippen molar-refractivity contribution < 1.29 is 27.6 Å². The largest absolute Gasteiger partial charge is 0.472 e. The van der Waals surface area contributed by atoms with Crippen LogP contribution < -0.4 is 11.3 Å². The average Bonchev–Trinajstić information content (AvgIpc) is 3.13. The van der Waals surface area contributed by atoms with Crippen LogP contribution in [0, 0.1) is 5.92 Å². The first kappa shape index (κ1) is 21.8. The SMILES string of the molecule is CCCCOP(=O)(O)OC[C@H]1O[C@@H](n2cnc3c(=O)[nH]c(N)nc32)[C@](C)(F)[C@@H]1C. The topological polar surface area (TPSA) is 155 Å². The second-order valence-electron chi connectivity index (χ2n) is 7.19. The van der Waals surface area contributed by atoms with E-state index < -0.39 is 37.3 Å². The second kappa shape index (κ2) is 8.11. The van der Waals surface area contributed by atoms with Gasteiger partial charge >= 0.3 is 7.82 Å². The number of aromatic nitrogens is 4. The highest BCUT2D eigenvalue weighted by Gasteiger charge is 2.54. The van der Waals surface area contributed by atoms with Crippen LogP contribution in [0.5, 0.6) is 0 Å². The highest BCUT2D eigenvalue weighted by molar-refractivity contribution is 7.47. The predicted molar refractivity (Wildman–Crippen MR) is 102 cm³/mol. The Bertz CT molecular complexity index is 978. The average molecular weight is 433 g/mol. The lowest BCUT2D eigenvalue weighted by atomic mass is 9.90. The molecule has 0 radical (unpaired) electrons. The zero-order valence-electron chi connectivity index (χ0n) is 16.4. The summed E-state index contributed by atoms with van der Waals surface area (Å²) in [7, 11) is -4.27. The van der Waals surface area contributed by atoms with Crippen LogP contribution in [-0.4, -0.2) is 49.4 Å². The fourth-order valence-corrected chi connectivity index (χ4v) is 3.94. The summed E-state index contributed by atoms with van der Waals surface area (Å²) in [6.07, 6.45) is 0.615. The van der Waals surface area contributed by atoms with Gasteiger partial charge in [0.15, 0.2) is 23.1 Å². The third kappa shape index (κ3) is 4.36. The van der Waals surface area contributed by atoms with Gasteiger partial charge in [0.25, 0.3) is 5.56 Å². The molecule has 11 nitrogen and oxygen atoms in total. The van der Waals surface area contributed by atoms with Crippen molar-refractivity contribution in [1.82, 2.24) is 19.5 Å². The molecule has 3 rings (SSSR count). The summed E-state index contributed by atoms with van der Waals surface area (Å²) in [5, 5.41) is 0. The first-order valence-corrected chi connectivity index (χ1v) is 10.7. The maximum absolute atomic E-state index is 15.5. The van der Waals surface area contributed by atoms with Gasteiger partial charge in [-0.25, -0.2) is 13.9 Å². The van der Waals surface area contributed by atoms with E-state index in [-0.39, 0.29) is 30.3 Å². The molecule has 1 aliphatic rings. The van der Waals surface area contributed by atoms with E-state index in [2.05, 4.69) is 15.0 Å². The molecule has 0 aliphatic carbocycles. The van der Waals surface area contributed by atoms with Gasteiger partial charge in [-0.05, 0) is 13.3 Å². The van der Waals surface area contributed by atoms with Crippen LogP contribution in [-0.2, 0) is 18.3 Å². The summed E-state index contributed by atoms with van der Waals surface area (Å²) >= 11 is 0. The summed E-state index contributed by atoms with van der Waals surface area (Å²) in [5.74, 6) is -0.846. The Balaban J connectivity index is 1.79. The highest BCUT2D eigenvalue weighted by atomic mass is 31.2. The van der Waals surface area contributed by atoms with Gasteiger partial charge < -0.3 is 15.4 Å². The van der Waals surface area contributed by atoms with E-state index in [1.54, 1.807) is 6.92 Å². The number of fused-ring (bicyclic) bond motifs is 1. The van der Waals surface area contributed by atoms with Gasteiger partial charge in [-0.3, -0.25) is 23.4 Å². The lowest BCUT2D eigenvalue weighted by Gasteiger charge is -2.25. The summed E-state index contributed by atoms with van der Waals surface area (Å²) in [6, 6.07) is 0. The Hall–Kier alpha value is -1.85. The van der Waals surface area contributed by atoms with Crippen LogP contribution in [0.4, 0.5) is 10.3 Å². The van der Waals surface area contributed by atoms with Crippen LogP contribution in [0.1, 0.15) is 39.8 Å². The van der Waals surface area contributed by atoms with Crippen LogP contribution in [0.15, 0.2) is 11.1 Å². The number of alkyl halides is 1. The molecule has 0 saturated carbocycles. The number of hydrogen-bond donors (Lipinski definition) is 3. The molecular formula is C16H25FN5O6P. The standard InChI is InChI=1S/C16H25FN5O6P/c1-4-5-6-26-29(24,25)27-7-10-9(2)16(3,17)14(28-10)22-8-19-11-12(22)20-15(18)21-13(11)23/h8-10,14H,4-7H2,1-3H3,(H,24,25)(H3,18,20,21,23)/t9-,10-,14-,16-/m1/s1. The highest BCUT2D eigenvalue weighted by Crippen LogP contribution is 2.49. The first-order chi connectivity index (χ1) is 13.6. The molecule has 0 spiro atoms. The third-order valence-corrected chi connectivity index (χ3v) is 6.08. The van der Waals surface area contributed by atoms with E-state index in [1.165, 1.54) is 17.8 Å². The Labute approximate surface area is 166 Å². The molecule has 1 unspecified atom stereocenters. The third-order valence-electron chi connectivity index (χ3n) is 5.09. The molecule has 29 heavy (non-hydrogen) atoms. The van der Waals surface area contributed by atoms with Gasteiger partial charge in [0, 0.05) is 5.92 Å². The van der Waals surface area contributed by atoms with E-state index in [0.29, 0.717) is 6.42 Å². The number of phosphoric ester groups is 1. The van der Waals surface area contributed by atoms with Crippen molar-refractivity contribution in [2.24, 2.45) is 5.92 Å². The van der Waals surface area contributed by atoms with Crippen LogP contribution in [0.3, 0.4) is 0 Å². The van der Waals surface area contributed by atoms with Crippen LogP contribution >= 0.6 is 7.82 Å². The molecule has 0 aromatic carbocycles. The number of H-pyrrole nitrogens is 1. The van der Waals surface area contributed by atoms with E-state index in [9.17, 15) is 14.3 Å². The van der Waals surface area contributed by atoms with Crippen LogP contribution in [0.25, 0.3) is 11.2 Å². The maximum Gasteiger partial charge on any atom is 0.472 e. The van der Waals surface area contributed by atoms with E-state index in [1.807, 2.05) is 6.92 Å². The molecule has 2 aromatic heterocycles. The lowest BCUT2D eigenvalue weighted by molar-refractivity contribution is -0.0566. The van der Waals surface area contributed by atoms with Crippen molar-refractivity contribution in [2.75, 3.05) is 18.9 Å². The predicted octanol–water partition coefficient (Wildman–Crippen LogP) is 1.90. The Morgan fingerprint density at radius 2 is 2.24 bits per heavy atom.